The molecular formula is C6H9N3O6S2. The number of nitrogens with zero attached hydrogens (tertiary/aromatic N) is 2. The van der Waals surface area contributed by atoms with Crippen molar-refractivity contribution in [3.8, 4) is 0 Å². The topological polar surface area (TPSA) is 159 Å². The molecule has 96 valence electrons. The van der Waals surface area contributed by atoms with E-state index >= 15 is 0 Å². The molecule has 1 aliphatic carbocycles. The lowest BCUT2D eigenvalue weighted by molar-refractivity contribution is 0.439. The van der Waals surface area contributed by atoms with Crippen LogP contribution < -0.4 is 5.84 Å². The second-order valence-electron chi connectivity index (χ2n) is 3.18. The van der Waals surface area contributed by atoms with Crippen LogP contribution in [0.4, 0.5) is 0 Å². The summed E-state index contributed by atoms with van der Waals surface area (Å²) in [6, 6.07) is 0. The van der Waals surface area contributed by atoms with Crippen molar-refractivity contribution in [1.29, 1.82) is 0 Å². The average molecular weight is 283 g/mol. The van der Waals surface area contributed by atoms with Gasteiger partial charge in [0.2, 0.25) is 4.87 Å². The maximum atomic E-state index is 11.2. The van der Waals surface area contributed by atoms with Crippen molar-refractivity contribution >= 4 is 20.2 Å². The van der Waals surface area contributed by atoms with Gasteiger partial charge in [0.25, 0.3) is 20.2 Å². The van der Waals surface area contributed by atoms with Crippen LogP contribution >= 0.6 is 0 Å². The second kappa shape index (κ2) is 4.18. The van der Waals surface area contributed by atoms with Crippen LogP contribution in [0.5, 0.6) is 0 Å². The molecule has 0 aromatic rings. The second-order valence-corrected chi connectivity index (χ2v) is 6.31. The fraction of sp³-hybridized carbons (Fsp3) is 0.333. The molecule has 4 N–H and O–H groups in total. The summed E-state index contributed by atoms with van der Waals surface area (Å²) in [6.45, 7) is 0. The van der Waals surface area contributed by atoms with Gasteiger partial charge < -0.3 is 5.84 Å². The number of rotatable bonds is 3. The normalized spacial score (nSPS) is 26.1. The van der Waals surface area contributed by atoms with Gasteiger partial charge >= 0.3 is 0 Å². The van der Waals surface area contributed by atoms with E-state index in [9.17, 15) is 16.8 Å². The van der Waals surface area contributed by atoms with Gasteiger partial charge in [-0.3, -0.25) is 9.11 Å². The molecule has 1 unspecified atom stereocenters. The smallest absolute Gasteiger partial charge is 0.297 e. The van der Waals surface area contributed by atoms with Gasteiger partial charge in [-0.05, 0) is 12.2 Å². The minimum atomic E-state index is -4.79. The lowest BCUT2D eigenvalue weighted by Crippen LogP contribution is -2.36. The first kappa shape index (κ1) is 13.8. The van der Waals surface area contributed by atoms with E-state index < -0.39 is 36.4 Å². The van der Waals surface area contributed by atoms with Crippen molar-refractivity contribution in [2.45, 2.75) is 11.3 Å². The molecule has 1 rings (SSSR count). The number of nitrogens with two attached hydrogens (primary N) is 1. The van der Waals surface area contributed by atoms with E-state index in [1.807, 2.05) is 0 Å². The first-order chi connectivity index (χ1) is 7.62. The van der Waals surface area contributed by atoms with Crippen LogP contribution in [0, 0.1) is 0 Å². The van der Waals surface area contributed by atoms with Crippen LogP contribution in [0.1, 0.15) is 6.42 Å². The molecule has 0 aromatic carbocycles. The van der Waals surface area contributed by atoms with Gasteiger partial charge in [-0.1, -0.05) is 11.3 Å². The minimum Gasteiger partial charge on any atom is -0.305 e. The van der Waals surface area contributed by atoms with Crippen LogP contribution in [0.3, 0.4) is 0 Å². The van der Waals surface area contributed by atoms with Gasteiger partial charge in [0.15, 0.2) is 0 Å². The maximum absolute atomic E-state index is 11.2. The fourth-order valence-electron chi connectivity index (χ4n) is 1.25. The molecule has 0 spiro atoms. The van der Waals surface area contributed by atoms with Crippen molar-refractivity contribution in [2.75, 3.05) is 0 Å². The van der Waals surface area contributed by atoms with E-state index in [4.69, 9.17) is 14.9 Å². The Kier molecular flexibility index (Phi) is 3.38. The van der Waals surface area contributed by atoms with E-state index in [2.05, 4.69) is 10.3 Å². The van der Waals surface area contributed by atoms with E-state index in [-0.39, 0.29) is 0 Å². The molecule has 0 fully saturated rings. The van der Waals surface area contributed by atoms with Crippen molar-refractivity contribution < 1.29 is 25.9 Å². The summed E-state index contributed by atoms with van der Waals surface area (Å²) in [5.74, 6) is 4.71. The fourth-order valence-corrected chi connectivity index (χ4v) is 2.73. The molecule has 1 aliphatic rings. The average Bonchev–Trinajstić information content (AvgIpc) is 2.15. The third kappa shape index (κ3) is 2.69. The molecule has 0 saturated carbocycles. The van der Waals surface area contributed by atoms with Gasteiger partial charge in [-0.25, -0.2) is 0 Å². The number of hydrogen-bond donors (Lipinski definition) is 3. The zero-order chi connectivity index (χ0) is 13.3. The first-order valence-corrected chi connectivity index (χ1v) is 6.95. The minimum absolute atomic E-state index is 0.620. The van der Waals surface area contributed by atoms with Gasteiger partial charge in [-0.2, -0.15) is 16.8 Å². The van der Waals surface area contributed by atoms with Gasteiger partial charge in [0.1, 0.15) is 0 Å². The Morgan fingerprint density at radius 1 is 1.29 bits per heavy atom. The molecule has 0 heterocycles. The van der Waals surface area contributed by atoms with Crippen molar-refractivity contribution in [3.63, 3.8) is 0 Å². The molecule has 0 saturated heterocycles. The zero-order valence-electron chi connectivity index (χ0n) is 8.25. The highest BCUT2D eigenvalue weighted by atomic mass is 32.2. The summed E-state index contributed by atoms with van der Waals surface area (Å²) in [4.78, 5) is -2.95. The monoisotopic (exact) mass is 283 g/mol. The highest BCUT2D eigenvalue weighted by Gasteiger charge is 2.45. The van der Waals surface area contributed by atoms with Crippen LogP contribution in [-0.2, 0) is 20.2 Å². The third-order valence-corrected chi connectivity index (χ3v) is 4.27. The predicted molar refractivity (Wildman–Crippen MR) is 56.7 cm³/mol. The van der Waals surface area contributed by atoms with E-state index in [0.717, 1.165) is 18.2 Å². The van der Waals surface area contributed by atoms with Gasteiger partial charge in [-0.15, -0.1) is 5.11 Å². The molecule has 0 amide bonds. The van der Waals surface area contributed by atoms with Crippen LogP contribution in [-0.4, -0.2) is 30.8 Å². The van der Waals surface area contributed by atoms with Crippen LogP contribution in [0.25, 0.3) is 0 Å². The molecule has 0 aromatic heterocycles. The number of allylic oxidation sites excluding steroid dienone is 2. The molecule has 0 aliphatic heterocycles. The Morgan fingerprint density at radius 3 is 2.29 bits per heavy atom. The summed E-state index contributed by atoms with van der Waals surface area (Å²) >= 11 is 0. The molecular weight excluding hydrogens is 274 g/mol. The SMILES string of the molecule is NN=NC1(S(=O)(=O)O)C=CC=C(S(=O)(=O)O)C1. The van der Waals surface area contributed by atoms with E-state index in [1.165, 1.54) is 0 Å². The Bertz CT molecular complexity index is 602. The Morgan fingerprint density at radius 2 is 1.88 bits per heavy atom. The third-order valence-electron chi connectivity index (χ3n) is 2.07. The van der Waals surface area contributed by atoms with E-state index in [1.54, 1.807) is 0 Å². The molecule has 17 heavy (non-hydrogen) atoms. The van der Waals surface area contributed by atoms with Crippen molar-refractivity contribution in [3.05, 3.63) is 23.1 Å². The predicted octanol–water partition coefficient (Wildman–Crippen LogP) is -0.372. The summed E-state index contributed by atoms with van der Waals surface area (Å²) in [5, 5.41) is 5.86. The Labute approximate surface area is 97.2 Å². The lowest BCUT2D eigenvalue weighted by Gasteiger charge is -2.23. The number of hydrogen-bond acceptors (Lipinski definition) is 6. The van der Waals surface area contributed by atoms with Gasteiger partial charge in [0.05, 0.1) is 4.91 Å². The maximum Gasteiger partial charge on any atom is 0.297 e. The molecule has 9 nitrogen and oxygen atoms in total. The van der Waals surface area contributed by atoms with Crippen molar-refractivity contribution in [2.24, 2.45) is 16.2 Å². The first-order valence-electron chi connectivity index (χ1n) is 4.07. The quantitative estimate of drug-likeness (QED) is 0.275. The largest absolute Gasteiger partial charge is 0.305 e. The molecule has 11 heteroatoms. The summed E-state index contributed by atoms with van der Waals surface area (Å²) in [6.07, 6.45) is 2.11. The van der Waals surface area contributed by atoms with E-state index in [0.29, 0.717) is 0 Å². The van der Waals surface area contributed by atoms with Crippen LogP contribution in [0.2, 0.25) is 0 Å². The lowest BCUT2D eigenvalue weighted by atomic mass is 10.1. The Balaban J connectivity index is 3.36. The van der Waals surface area contributed by atoms with Crippen molar-refractivity contribution in [1.82, 2.24) is 0 Å². The summed E-state index contributed by atoms with van der Waals surface area (Å²) in [7, 11) is -9.37. The molecule has 1 atom stereocenters. The highest BCUT2D eigenvalue weighted by Crippen LogP contribution is 2.33. The molecule has 0 bridgehead atoms. The standard InChI is InChI=1S/C6H9N3O6S2/c7-9-8-6(17(13,14)15)3-1-2-5(4-6)16(10,11)12/h1-3H,4H2,(H2,7,8)(H,10,11,12)(H,13,14,15). The summed E-state index contributed by atoms with van der Waals surface area (Å²) < 4.78 is 61.9. The molecule has 0 radical (unpaired) electrons. The van der Waals surface area contributed by atoms with Gasteiger partial charge in [0, 0.05) is 6.42 Å². The zero-order valence-corrected chi connectivity index (χ0v) is 9.89. The summed E-state index contributed by atoms with van der Waals surface area (Å²) in [5.41, 5.74) is 0. The van der Waals surface area contributed by atoms with Crippen LogP contribution in [0.15, 0.2) is 33.5 Å². The highest BCUT2D eigenvalue weighted by molar-refractivity contribution is 7.90. The Hall–Kier alpha value is -1.30.